The van der Waals surface area contributed by atoms with Gasteiger partial charge in [0.15, 0.2) is 0 Å². The van der Waals surface area contributed by atoms with Crippen molar-refractivity contribution in [1.82, 2.24) is 4.98 Å². The molecule has 2 rings (SSSR count). The Morgan fingerprint density at radius 3 is 2.57 bits per heavy atom. The molecule has 5 nitrogen and oxygen atoms in total. The summed E-state index contributed by atoms with van der Waals surface area (Å²) in [5.41, 5.74) is 1.53. The Labute approximate surface area is 126 Å². The van der Waals surface area contributed by atoms with E-state index in [-0.39, 0.29) is 18.9 Å². The predicted molar refractivity (Wildman–Crippen MR) is 81.6 cm³/mol. The minimum absolute atomic E-state index is 0.118. The lowest BCUT2D eigenvalue weighted by Crippen LogP contribution is -2.36. The number of hydrogen-bond donors (Lipinski definition) is 1. The first kappa shape index (κ1) is 15.2. The number of benzene rings is 1. The Morgan fingerprint density at radius 2 is 2.00 bits per heavy atom. The molecule has 0 saturated heterocycles. The highest BCUT2D eigenvalue weighted by atomic mass is 32.1. The Morgan fingerprint density at radius 1 is 1.29 bits per heavy atom. The summed E-state index contributed by atoms with van der Waals surface area (Å²) in [7, 11) is 0. The summed E-state index contributed by atoms with van der Waals surface area (Å²) in [6.07, 6.45) is 0.940. The van der Waals surface area contributed by atoms with Crippen molar-refractivity contribution < 1.29 is 14.7 Å². The van der Waals surface area contributed by atoms with Crippen molar-refractivity contribution in [2.24, 2.45) is 0 Å². The zero-order chi connectivity index (χ0) is 15.2. The van der Waals surface area contributed by atoms with E-state index >= 15 is 0 Å². The van der Waals surface area contributed by atoms with Gasteiger partial charge in [0, 0.05) is 11.1 Å². The van der Waals surface area contributed by atoms with Crippen molar-refractivity contribution in [2.45, 2.75) is 19.8 Å². The minimum Gasteiger partial charge on any atom is -0.480 e. The van der Waals surface area contributed by atoms with E-state index in [4.69, 9.17) is 5.11 Å². The Bertz CT molecular complexity index is 625. The standard InChI is InChI=1S/C15H16N2O3S/c1-2-11-10-21-13(16-11)8-14(18)17(9-15(19)20)12-6-4-3-5-7-12/h3-7,10H,2,8-9H2,1H3,(H,19,20). The number of carboxylic acids is 1. The molecule has 0 aliphatic heterocycles. The van der Waals surface area contributed by atoms with Gasteiger partial charge in [-0.1, -0.05) is 25.1 Å². The van der Waals surface area contributed by atoms with Crippen LogP contribution in [0.2, 0.25) is 0 Å². The topological polar surface area (TPSA) is 70.5 Å². The molecule has 0 unspecified atom stereocenters. The quantitative estimate of drug-likeness (QED) is 0.889. The van der Waals surface area contributed by atoms with Gasteiger partial charge in [0.1, 0.15) is 11.6 Å². The number of aromatic nitrogens is 1. The first-order chi connectivity index (χ1) is 10.1. The van der Waals surface area contributed by atoms with Crippen LogP contribution in [0.4, 0.5) is 5.69 Å². The van der Waals surface area contributed by atoms with Gasteiger partial charge in [0.2, 0.25) is 5.91 Å². The lowest BCUT2D eigenvalue weighted by molar-refractivity contribution is -0.136. The fourth-order valence-electron chi connectivity index (χ4n) is 1.88. The SMILES string of the molecule is CCc1csc(CC(=O)N(CC(=O)O)c2ccccc2)n1. The van der Waals surface area contributed by atoms with Crippen LogP contribution in [0.25, 0.3) is 0 Å². The van der Waals surface area contributed by atoms with Crippen molar-refractivity contribution in [3.8, 4) is 0 Å². The lowest BCUT2D eigenvalue weighted by atomic mass is 10.2. The van der Waals surface area contributed by atoms with Crippen LogP contribution in [0.3, 0.4) is 0 Å². The molecule has 0 fully saturated rings. The molecular weight excluding hydrogens is 288 g/mol. The summed E-state index contributed by atoms with van der Waals surface area (Å²) < 4.78 is 0. The summed E-state index contributed by atoms with van der Waals surface area (Å²) in [4.78, 5) is 29.0. The van der Waals surface area contributed by atoms with Crippen molar-refractivity contribution in [3.63, 3.8) is 0 Å². The van der Waals surface area contributed by atoms with Crippen LogP contribution >= 0.6 is 11.3 Å². The van der Waals surface area contributed by atoms with E-state index in [1.54, 1.807) is 24.3 Å². The van der Waals surface area contributed by atoms with Crippen LogP contribution in [0.1, 0.15) is 17.6 Å². The van der Waals surface area contributed by atoms with Crippen LogP contribution in [0.5, 0.6) is 0 Å². The molecule has 1 heterocycles. The number of thiazole rings is 1. The number of aryl methyl sites for hydroxylation is 1. The van der Waals surface area contributed by atoms with Crippen molar-refractivity contribution in [1.29, 1.82) is 0 Å². The molecule has 1 aromatic carbocycles. The molecule has 0 atom stereocenters. The van der Waals surface area contributed by atoms with Crippen LogP contribution in [0.15, 0.2) is 35.7 Å². The van der Waals surface area contributed by atoms with Gasteiger partial charge in [-0.15, -0.1) is 11.3 Å². The van der Waals surface area contributed by atoms with Gasteiger partial charge < -0.3 is 10.0 Å². The number of carbonyl (C=O) groups is 2. The second-order valence-corrected chi connectivity index (χ2v) is 5.41. The number of carboxylic acid groups (broad SMARTS) is 1. The molecule has 0 spiro atoms. The maximum Gasteiger partial charge on any atom is 0.323 e. The zero-order valence-electron chi connectivity index (χ0n) is 11.7. The second-order valence-electron chi connectivity index (χ2n) is 4.47. The number of para-hydroxylation sites is 1. The third-order valence-electron chi connectivity index (χ3n) is 2.93. The predicted octanol–water partition coefficient (Wildman–Crippen LogP) is 2.37. The number of hydrogen-bond acceptors (Lipinski definition) is 4. The Kier molecular flexibility index (Phi) is 5.05. The molecule has 21 heavy (non-hydrogen) atoms. The Balaban J connectivity index is 2.16. The number of rotatable bonds is 6. The maximum absolute atomic E-state index is 12.4. The first-order valence-corrected chi connectivity index (χ1v) is 7.48. The highest BCUT2D eigenvalue weighted by Gasteiger charge is 2.20. The summed E-state index contributed by atoms with van der Waals surface area (Å²) in [6, 6.07) is 8.81. The van der Waals surface area contributed by atoms with Gasteiger partial charge >= 0.3 is 5.97 Å². The van der Waals surface area contributed by atoms with Crippen molar-refractivity contribution in [2.75, 3.05) is 11.4 Å². The van der Waals surface area contributed by atoms with Gasteiger partial charge in [0.05, 0.1) is 12.1 Å². The molecule has 1 N–H and O–H groups in total. The van der Waals surface area contributed by atoms with Gasteiger partial charge in [-0.05, 0) is 18.6 Å². The van der Waals surface area contributed by atoms with Gasteiger partial charge in [-0.3, -0.25) is 9.59 Å². The number of nitrogens with zero attached hydrogens (tertiary/aromatic N) is 2. The molecular formula is C15H16N2O3S. The van der Waals surface area contributed by atoms with Crippen LogP contribution in [-0.4, -0.2) is 28.5 Å². The maximum atomic E-state index is 12.4. The summed E-state index contributed by atoms with van der Waals surface area (Å²) >= 11 is 1.43. The highest BCUT2D eigenvalue weighted by molar-refractivity contribution is 7.09. The fraction of sp³-hybridized carbons (Fsp3) is 0.267. The third-order valence-corrected chi connectivity index (χ3v) is 3.82. The fourth-order valence-corrected chi connectivity index (χ4v) is 2.75. The largest absolute Gasteiger partial charge is 0.480 e. The summed E-state index contributed by atoms with van der Waals surface area (Å²) in [5, 5.41) is 11.6. The highest BCUT2D eigenvalue weighted by Crippen LogP contribution is 2.17. The van der Waals surface area contributed by atoms with E-state index in [1.165, 1.54) is 16.2 Å². The molecule has 0 saturated carbocycles. The molecule has 2 aromatic rings. The summed E-state index contributed by atoms with van der Waals surface area (Å²) in [6.45, 7) is 1.65. The molecule has 0 radical (unpaired) electrons. The molecule has 0 aliphatic rings. The van der Waals surface area contributed by atoms with E-state index in [0.717, 1.165) is 12.1 Å². The van der Waals surface area contributed by atoms with E-state index in [2.05, 4.69) is 4.98 Å². The normalized spacial score (nSPS) is 10.3. The molecule has 0 aliphatic carbocycles. The zero-order valence-corrected chi connectivity index (χ0v) is 12.5. The molecule has 1 amide bonds. The van der Waals surface area contributed by atoms with Crippen LogP contribution in [0, 0.1) is 0 Å². The molecule has 6 heteroatoms. The van der Waals surface area contributed by atoms with Crippen molar-refractivity contribution >= 4 is 28.9 Å². The summed E-state index contributed by atoms with van der Waals surface area (Å²) in [5.74, 6) is -1.30. The molecule has 110 valence electrons. The van der Waals surface area contributed by atoms with E-state index in [9.17, 15) is 9.59 Å². The Hall–Kier alpha value is -2.21. The average Bonchev–Trinajstić information content (AvgIpc) is 2.93. The smallest absolute Gasteiger partial charge is 0.323 e. The monoisotopic (exact) mass is 304 g/mol. The van der Waals surface area contributed by atoms with E-state index in [0.29, 0.717) is 10.7 Å². The van der Waals surface area contributed by atoms with Crippen molar-refractivity contribution in [3.05, 3.63) is 46.4 Å². The minimum atomic E-state index is -1.04. The number of carbonyl (C=O) groups excluding carboxylic acids is 1. The van der Waals surface area contributed by atoms with Gasteiger partial charge in [0.25, 0.3) is 0 Å². The number of amides is 1. The number of anilines is 1. The van der Waals surface area contributed by atoms with Gasteiger partial charge in [-0.25, -0.2) is 4.98 Å². The van der Waals surface area contributed by atoms with Gasteiger partial charge in [-0.2, -0.15) is 0 Å². The van der Waals surface area contributed by atoms with E-state index in [1.807, 2.05) is 18.4 Å². The van der Waals surface area contributed by atoms with E-state index < -0.39 is 5.97 Å². The second kappa shape index (κ2) is 6.99. The lowest BCUT2D eigenvalue weighted by Gasteiger charge is -2.20. The third kappa shape index (κ3) is 4.13. The first-order valence-electron chi connectivity index (χ1n) is 6.60. The number of aliphatic carboxylic acids is 1. The molecule has 0 bridgehead atoms. The van der Waals surface area contributed by atoms with Crippen LogP contribution < -0.4 is 4.90 Å². The van der Waals surface area contributed by atoms with Crippen LogP contribution in [-0.2, 0) is 22.4 Å². The average molecular weight is 304 g/mol. The molecule has 1 aromatic heterocycles.